The van der Waals surface area contributed by atoms with Gasteiger partial charge in [0.25, 0.3) is 0 Å². The average Bonchev–Trinajstić information content (AvgIpc) is 2.59. The minimum Gasteiger partial charge on any atom is -0.378 e. The Bertz CT molecular complexity index is 570. The summed E-state index contributed by atoms with van der Waals surface area (Å²) in [5.74, 6) is -0.310. The molecule has 23 heavy (non-hydrogen) atoms. The Hall–Kier alpha value is -1.95. The molecule has 2 saturated heterocycles. The molecule has 124 valence electrons. The Labute approximate surface area is 135 Å². The van der Waals surface area contributed by atoms with E-state index in [1.807, 2.05) is 0 Å². The van der Waals surface area contributed by atoms with Gasteiger partial charge in [-0.1, -0.05) is 12.1 Å². The quantitative estimate of drug-likeness (QED) is 0.849. The van der Waals surface area contributed by atoms with Crippen molar-refractivity contribution in [3.05, 3.63) is 35.6 Å². The molecule has 1 aromatic rings. The van der Waals surface area contributed by atoms with Crippen molar-refractivity contribution in [1.29, 1.82) is 0 Å². The molecule has 2 aliphatic heterocycles. The maximum Gasteiger partial charge on any atom is 0.245 e. The normalized spacial score (nSPS) is 22.3. The number of carbonyl (C=O) groups is 2. The van der Waals surface area contributed by atoms with Gasteiger partial charge < -0.3 is 14.5 Å². The SMILES string of the molecule is O=C(C1CCCC(=O)N1Cc1ccc(F)cc1)N1CCOCC1. The number of nitrogens with zero attached hydrogens (tertiary/aromatic N) is 2. The third-order valence-corrected chi connectivity index (χ3v) is 4.44. The second kappa shape index (κ2) is 7.08. The zero-order chi connectivity index (χ0) is 16.2. The van der Waals surface area contributed by atoms with Crippen molar-refractivity contribution in [2.24, 2.45) is 0 Å². The molecule has 5 nitrogen and oxygen atoms in total. The van der Waals surface area contributed by atoms with Crippen molar-refractivity contribution in [1.82, 2.24) is 9.80 Å². The number of ether oxygens (including phenoxy) is 1. The second-order valence-corrected chi connectivity index (χ2v) is 5.99. The number of amides is 2. The van der Waals surface area contributed by atoms with Gasteiger partial charge in [0, 0.05) is 26.1 Å². The third kappa shape index (κ3) is 3.69. The standard InChI is InChI=1S/C17H21FN2O3/c18-14-6-4-13(5-7-14)12-20-15(2-1-3-16(20)21)17(22)19-8-10-23-11-9-19/h4-7,15H,1-3,8-12H2. The highest BCUT2D eigenvalue weighted by Crippen LogP contribution is 2.23. The molecule has 1 atom stereocenters. The van der Waals surface area contributed by atoms with E-state index in [9.17, 15) is 14.0 Å². The molecule has 3 rings (SSSR count). The smallest absolute Gasteiger partial charge is 0.245 e. The van der Waals surface area contributed by atoms with Crippen LogP contribution in [0.4, 0.5) is 4.39 Å². The minimum atomic E-state index is -0.417. The zero-order valence-electron chi connectivity index (χ0n) is 13.0. The lowest BCUT2D eigenvalue weighted by Crippen LogP contribution is -2.54. The van der Waals surface area contributed by atoms with E-state index in [1.54, 1.807) is 21.9 Å². The van der Waals surface area contributed by atoms with Crippen LogP contribution in [0.1, 0.15) is 24.8 Å². The summed E-state index contributed by atoms with van der Waals surface area (Å²) in [4.78, 5) is 28.5. The first-order chi connectivity index (χ1) is 11.1. The first-order valence-electron chi connectivity index (χ1n) is 8.05. The lowest BCUT2D eigenvalue weighted by molar-refractivity contribution is -0.151. The van der Waals surface area contributed by atoms with Crippen LogP contribution < -0.4 is 0 Å². The van der Waals surface area contributed by atoms with E-state index in [0.717, 1.165) is 12.0 Å². The number of likely N-dealkylation sites (tertiary alicyclic amines) is 1. The van der Waals surface area contributed by atoms with Crippen molar-refractivity contribution < 1.29 is 18.7 Å². The number of hydrogen-bond acceptors (Lipinski definition) is 3. The number of benzene rings is 1. The molecule has 2 fully saturated rings. The van der Waals surface area contributed by atoms with E-state index in [-0.39, 0.29) is 17.6 Å². The summed E-state index contributed by atoms with van der Waals surface area (Å²) in [6.07, 6.45) is 1.89. The van der Waals surface area contributed by atoms with Crippen LogP contribution >= 0.6 is 0 Å². The van der Waals surface area contributed by atoms with Crippen molar-refractivity contribution in [3.8, 4) is 0 Å². The van der Waals surface area contributed by atoms with Gasteiger partial charge in [0.15, 0.2) is 0 Å². The first-order valence-corrected chi connectivity index (χ1v) is 8.05. The average molecular weight is 320 g/mol. The Kier molecular flexibility index (Phi) is 4.91. The van der Waals surface area contributed by atoms with Crippen molar-refractivity contribution in [2.45, 2.75) is 31.8 Å². The van der Waals surface area contributed by atoms with Crippen LogP contribution in [0.15, 0.2) is 24.3 Å². The number of morpholine rings is 1. The maximum absolute atomic E-state index is 13.0. The van der Waals surface area contributed by atoms with Gasteiger partial charge in [-0.25, -0.2) is 4.39 Å². The first kappa shape index (κ1) is 15.9. The topological polar surface area (TPSA) is 49.9 Å². The molecule has 1 unspecified atom stereocenters. The molecule has 1 aromatic carbocycles. The number of piperidine rings is 1. The van der Waals surface area contributed by atoms with E-state index in [2.05, 4.69) is 0 Å². The van der Waals surface area contributed by atoms with E-state index < -0.39 is 6.04 Å². The third-order valence-electron chi connectivity index (χ3n) is 4.44. The fraction of sp³-hybridized carbons (Fsp3) is 0.529. The van der Waals surface area contributed by atoms with Crippen LogP contribution in [0.5, 0.6) is 0 Å². The zero-order valence-corrected chi connectivity index (χ0v) is 13.0. The number of halogens is 1. The van der Waals surface area contributed by atoms with Gasteiger partial charge in [-0.05, 0) is 30.5 Å². The van der Waals surface area contributed by atoms with Gasteiger partial charge in [0.05, 0.1) is 13.2 Å². The lowest BCUT2D eigenvalue weighted by Gasteiger charge is -2.38. The summed E-state index contributed by atoms with van der Waals surface area (Å²) in [6, 6.07) is 5.66. The van der Waals surface area contributed by atoms with Crippen LogP contribution in [-0.4, -0.2) is 54.0 Å². The maximum atomic E-state index is 13.0. The van der Waals surface area contributed by atoms with Crippen LogP contribution in [0, 0.1) is 5.82 Å². The summed E-state index contributed by atoms with van der Waals surface area (Å²) >= 11 is 0. The van der Waals surface area contributed by atoms with Gasteiger partial charge in [-0.2, -0.15) is 0 Å². The van der Waals surface area contributed by atoms with E-state index in [1.165, 1.54) is 12.1 Å². The molecule has 6 heteroatoms. The Morgan fingerprint density at radius 3 is 2.61 bits per heavy atom. The number of hydrogen-bond donors (Lipinski definition) is 0. The molecule has 0 bridgehead atoms. The van der Waals surface area contributed by atoms with E-state index >= 15 is 0 Å². The van der Waals surface area contributed by atoms with E-state index in [4.69, 9.17) is 4.74 Å². The summed E-state index contributed by atoms with van der Waals surface area (Å²) in [5, 5.41) is 0. The van der Waals surface area contributed by atoms with Gasteiger partial charge in [-0.3, -0.25) is 9.59 Å². The van der Waals surface area contributed by atoms with Crippen molar-refractivity contribution >= 4 is 11.8 Å². The van der Waals surface area contributed by atoms with Gasteiger partial charge >= 0.3 is 0 Å². The van der Waals surface area contributed by atoms with Crippen molar-refractivity contribution in [2.75, 3.05) is 26.3 Å². The molecule has 0 aliphatic carbocycles. The van der Waals surface area contributed by atoms with Crippen LogP contribution in [0.25, 0.3) is 0 Å². The van der Waals surface area contributed by atoms with Crippen LogP contribution in [0.2, 0.25) is 0 Å². The predicted molar refractivity (Wildman–Crippen MR) is 82.0 cm³/mol. The minimum absolute atomic E-state index is 0.00321. The number of carbonyl (C=O) groups excluding carboxylic acids is 2. The highest BCUT2D eigenvalue weighted by atomic mass is 19.1. The van der Waals surface area contributed by atoms with Crippen LogP contribution in [0.3, 0.4) is 0 Å². The Morgan fingerprint density at radius 2 is 1.91 bits per heavy atom. The van der Waals surface area contributed by atoms with E-state index in [0.29, 0.717) is 45.7 Å². The fourth-order valence-electron chi connectivity index (χ4n) is 3.16. The highest BCUT2D eigenvalue weighted by molar-refractivity contribution is 5.88. The Balaban J connectivity index is 1.74. The molecule has 0 spiro atoms. The fourth-order valence-corrected chi connectivity index (χ4v) is 3.16. The molecule has 0 radical (unpaired) electrons. The molecular formula is C17H21FN2O3. The number of rotatable bonds is 3. The van der Waals surface area contributed by atoms with Crippen LogP contribution in [-0.2, 0) is 20.9 Å². The Morgan fingerprint density at radius 1 is 1.22 bits per heavy atom. The van der Waals surface area contributed by atoms with Crippen molar-refractivity contribution in [3.63, 3.8) is 0 Å². The summed E-state index contributed by atoms with van der Waals surface area (Å²) in [7, 11) is 0. The summed E-state index contributed by atoms with van der Waals surface area (Å²) in [6.45, 7) is 2.59. The molecule has 0 N–H and O–H groups in total. The van der Waals surface area contributed by atoms with Gasteiger partial charge in [-0.15, -0.1) is 0 Å². The molecule has 2 amide bonds. The summed E-state index contributed by atoms with van der Waals surface area (Å²) in [5.41, 5.74) is 0.835. The largest absolute Gasteiger partial charge is 0.378 e. The molecule has 2 heterocycles. The molecular weight excluding hydrogens is 299 g/mol. The molecule has 2 aliphatic rings. The highest BCUT2D eigenvalue weighted by Gasteiger charge is 2.36. The van der Waals surface area contributed by atoms with Gasteiger partial charge in [0.1, 0.15) is 11.9 Å². The second-order valence-electron chi connectivity index (χ2n) is 5.99. The summed E-state index contributed by atoms with van der Waals surface area (Å²) < 4.78 is 18.3. The molecule has 0 saturated carbocycles. The lowest BCUT2D eigenvalue weighted by atomic mass is 9.99. The monoisotopic (exact) mass is 320 g/mol. The predicted octanol–water partition coefficient (Wildman–Crippen LogP) is 1.57. The molecule has 0 aromatic heterocycles. The van der Waals surface area contributed by atoms with Gasteiger partial charge in [0.2, 0.25) is 11.8 Å².